The summed E-state index contributed by atoms with van der Waals surface area (Å²) in [5.41, 5.74) is 13.5. The molecule has 4 atom stereocenters. The summed E-state index contributed by atoms with van der Waals surface area (Å²) in [5, 5.41) is 27.8. The van der Waals surface area contributed by atoms with Crippen LogP contribution in [0.4, 0.5) is 5.69 Å². The summed E-state index contributed by atoms with van der Waals surface area (Å²) in [4.78, 5) is 103. The first-order valence-electron chi connectivity index (χ1n) is 27.9. The fourth-order valence-corrected chi connectivity index (χ4v) is 8.00. The van der Waals surface area contributed by atoms with Gasteiger partial charge < -0.3 is 58.2 Å². The van der Waals surface area contributed by atoms with Crippen LogP contribution in [0.5, 0.6) is 0 Å². The number of benzene rings is 2. The second-order valence-corrected chi connectivity index (χ2v) is 19.5. The van der Waals surface area contributed by atoms with E-state index in [0.717, 1.165) is 17.9 Å². The van der Waals surface area contributed by atoms with Crippen LogP contribution in [0, 0.1) is 11.8 Å². The Morgan fingerprint density at radius 3 is 1.89 bits per heavy atom. The molecule has 0 radical (unpaired) electrons. The van der Waals surface area contributed by atoms with Gasteiger partial charge >= 0.3 is 0 Å². The van der Waals surface area contributed by atoms with E-state index >= 15 is 0 Å². The van der Waals surface area contributed by atoms with Gasteiger partial charge in [0.05, 0.1) is 37.5 Å². The standard InChI is InChI=1S/C28H44N8O7.C9H8S.C8H18.C5H10O.C4H3NOS.C4H7NO.C2H6/c1-18(30)26(41)36-22(14-19-8-4-3-5-9-19)28(43)35-21(27(42)31-2)10-6-7-13-32-23(38)12-11-20(17-37)34-25(40)16-33-24(39)15-29;1-7-6-10-9-5-3-2-4-8(7)9;1-3-5-7-8-6-4-2;1-4-6-5(2)3;6-5-4-1-2-7-3-4;1-5-3-2-4-6;1-2/h3-5,8-9,17-18,20-22H,6-7,10-16,29-30H2,1-2H3,(H,31,42)(H,32,38)(H,33,39)(H,34,40)(H,35,43)(H,36,41);2-6H,1H3;3-8H2,1-2H3;2,4H2,1,3H3;1-3H;2,5H,3H2,1H3;1-2H3. The maximum Gasteiger partial charge on any atom is 0.243 e. The molecule has 2 aromatic carbocycles. The maximum absolute atomic E-state index is 13.1. The number of nitrogens with two attached hydrogens (primary N) is 2. The van der Waals surface area contributed by atoms with Gasteiger partial charge in [-0.25, -0.2) is 4.79 Å². The lowest BCUT2D eigenvalue weighted by molar-refractivity contribution is -0.132. The summed E-state index contributed by atoms with van der Waals surface area (Å²) in [6.45, 7) is 20.5. The number of nitroso groups, excluding NO2 is 1. The molecular formula is C60H96N10O10S2. The number of ether oxygens (including phenoxy) is 1. The van der Waals surface area contributed by atoms with Crippen LogP contribution in [0.3, 0.4) is 0 Å². The number of hydrogen-bond donors (Lipinski definition) is 9. The van der Waals surface area contributed by atoms with Crippen LogP contribution in [0.25, 0.3) is 10.1 Å². The molecule has 0 spiro atoms. The lowest BCUT2D eigenvalue weighted by atomic mass is 10.0. The zero-order valence-electron chi connectivity index (χ0n) is 50.2. The van der Waals surface area contributed by atoms with Gasteiger partial charge in [0.15, 0.2) is 0 Å². The number of nitrogens with zero attached hydrogens (tertiary/aromatic N) is 1. The maximum atomic E-state index is 13.1. The number of likely N-dealkylation sites (N-methyl/N-ethyl adjacent to an activating group) is 2. The molecular weight excluding hydrogens is 1080 g/mol. The molecule has 11 N–H and O–H groups in total. The molecule has 6 amide bonds. The smallest absolute Gasteiger partial charge is 0.243 e. The third kappa shape index (κ3) is 43.8. The number of amides is 6. The van der Waals surface area contributed by atoms with Gasteiger partial charge in [0.2, 0.25) is 35.4 Å². The Kier molecular flexibility index (Phi) is 52.8. The summed E-state index contributed by atoms with van der Waals surface area (Å²) < 4.78 is 6.24. The van der Waals surface area contributed by atoms with Crippen molar-refractivity contribution in [2.45, 2.75) is 157 Å². The number of carbonyl (C=O) groups is 7. The van der Waals surface area contributed by atoms with E-state index in [2.05, 4.69) is 99.4 Å². The first kappa shape index (κ1) is 79.3. The third-order valence-electron chi connectivity index (χ3n) is 10.8. The Morgan fingerprint density at radius 2 is 1.41 bits per heavy atom. The van der Waals surface area contributed by atoms with Crippen LogP contribution in [-0.4, -0.2) is 119 Å². The zero-order chi connectivity index (χ0) is 62.4. The fraction of sp³-hybridized carbons (Fsp3) is 0.517. The predicted octanol–water partition coefficient (Wildman–Crippen LogP) is 8.02. The van der Waals surface area contributed by atoms with Gasteiger partial charge in [-0.3, -0.25) is 28.8 Å². The Bertz CT molecular complexity index is 2370. The van der Waals surface area contributed by atoms with E-state index in [1.165, 1.54) is 85.6 Å². The number of thiophene rings is 2. The zero-order valence-corrected chi connectivity index (χ0v) is 51.8. The van der Waals surface area contributed by atoms with Crippen molar-refractivity contribution >= 4 is 86.1 Å². The first-order valence-corrected chi connectivity index (χ1v) is 29.7. The van der Waals surface area contributed by atoms with E-state index in [1.807, 2.05) is 74.7 Å². The summed E-state index contributed by atoms with van der Waals surface area (Å²) in [6.07, 6.45) is 11.9. The van der Waals surface area contributed by atoms with Crippen LogP contribution >= 0.6 is 22.7 Å². The minimum atomic E-state index is -0.947. The largest absolute Gasteiger partial charge is 0.499 e. The van der Waals surface area contributed by atoms with E-state index in [0.29, 0.717) is 31.4 Å². The number of aldehydes is 1. The topological polar surface area (TPSA) is 311 Å². The summed E-state index contributed by atoms with van der Waals surface area (Å²) in [7, 11) is 3.22. The minimum Gasteiger partial charge on any atom is -0.499 e. The summed E-state index contributed by atoms with van der Waals surface area (Å²) in [6, 6.07) is 15.7. The predicted molar refractivity (Wildman–Crippen MR) is 335 cm³/mol. The van der Waals surface area contributed by atoms with Crippen molar-refractivity contribution in [3.63, 3.8) is 0 Å². The van der Waals surface area contributed by atoms with E-state index in [-0.39, 0.29) is 51.2 Å². The van der Waals surface area contributed by atoms with Crippen LogP contribution in [-0.2, 0) is 49.5 Å². The average Bonchev–Trinajstić information content (AvgIpc) is 4.24. The lowest BCUT2D eigenvalue weighted by Gasteiger charge is -2.23. The molecule has 0 aliphatic rings. The fourth-order valence-electron chi connectivity index (χ4n) is 6.50. The highest BCUT2D eigenvalue weighted by Crippen LogP contribution is 2.24. The molecule has 458 valence electrons. The van der Waals surface area contributed by atoms with Gasteiger partial charge in [-0.1, -0.05) is 121 Å². The van der Waals surface area contributed by atoms with Crippen LogP contribution in [0.15, 0.2) is 100 Å². The Balaban J connectivity index is -0.00000125. The molecule has 0 saturated carbocycles. The molecule has 2 heterocycles. The SMILES string of the molecule is C=C(C)OCC.CC.CCCCCCCC.CNC(=O)C(CCCCNC(=O)CCC(C=O)NC(=O)CNC(=O)CN)NC(=O)C(Cc1ccccc1)NC(=O)C(C)N.CNCC=C=O.Cc1csc2ccccc12.O=Nc1ccsc1. The summed E-state index contributed by atoms with van der Waals surface area (Å²) >= 11 is 3.28. The van der Waals surface area contributed by atoms with E-state index in [4.69, 9.17) is 16.2 Å². The van der Waals surface area contributed by atoms with E-state index < -0.39 is 53.7 Å². The molecule has 4 unspecified atom stereocenters. The summed E-state index contributed by atoms with van der Waals surface area (Å²) in [5.74, 6) is -0.441. The van der Waals surface area contributed by atoms with Crippen molar-refractivity contribution in [1.29, 1.82) is 0 Å². The molecule has 22 heteroatoms. The van der Waals surface area contributed by atoms with Crippen LogP contribution < -0.4 is 48.7 Å². The molecule has 4 rings (SSSR count). The molecule has 2 aromatic heterocycles. The highest BCUT2D eigenvalue weighted by molar-refractivity contribution is 7.17. The monoisotopic (exact) mass is 1180 g/mol. The molecule has 0 fully saturated rings. The number of hydrogen-bond acceptors (Lipinski definition) is 16. The Hall–Kier alpha value is -6.94. The Labute approximate surface area is 495 Å². The van der Waals surface area contributed by atoms with Crippen molar-refractivity contribution in [1.82, 2.24) is 37.2 Å². The van der Waals surface area contributed by atoms with Crippen molar-refractivity contribution in [2.24, 2.45) is 16.6 Å². The number of carbonyl (C=O) groups excluding carboxylic acids is 8. The second kappa shape index (κ2) is 54.6. The van der Waals surface area contributed by atoms with Crippen molar-refractivity contribution in [2.75, 3.05) is 46.9 Å². The molecule has 20 nitrogen and oxygen atoms in total. The van der Waals surface area contributed by atoms with Gasteiger partial charge in [-0.05, 0) is 105 Å². The average molecular weight is 1180 g/mol. The van der Waals surface area contributed by atoms with E-state index in [1.54, 1.807) is 24.4 Å². The normalized spacial score (nSPS) is 11.1. The number of unbranched alkanes of at least 4 members (excludes halogenated alkanes) is 6. The van der Waals surface area contributed by atoms with E-state index in [9.17, 15) is 43.3 Å². The minimum absolute atomic E-state index is 0.0221. The molecule has 0 aliphatic carbocycles. The van der Waals surface area contributed by atoms with Gasteiger partial charge in [0, 0.05) is 49.1 Å². The Morgan fingerprint density at radius 1 is 0.780 bits per heavy atom. The van der Waals surface area contributed by atoms with Gasteiger partial charge in [0.1, 0.15) is 30.0 Å². The highest BCUT2D eigenvalue weighted by Gasteiger charge is 2.27. The van der Waals surface area contributed by atoms with Gasteiger partial charge in [-0.2, -0.15) is 0 Å². The lowest BCUT2D eigenvalue weighted by Crippen LogP contribution is -2.55. The molecule has 0 aliphatic heterocycles. The number of nitrogens with one attached hydrogen (secondary N) is 7. The molecule has 4 aromatic rings. The first-order chi connectivity index (χ1) is 39.4. The third-order valence-corrected chi connectivity index (χ3v) is 12.6. The number of rotatable bonds is 30. The highest BCUT2D eigenvalue weighted by atomic mass is 32.1. The number of fused-ring (bicyclic) bond motifs is 1. The van der Waals surface area contributed by atoms with Crippen molar-refractivity contribution < 1.29 is 43.1 Å². The van der Waals surface area contributed by atoms with Crippen molar-refractivity contribution in [3.05, 3.63) is 111 Å². The number of aryl methyl sites for hydroxylation is 1. The van der Waals surface area contributed by atoms with Gasteiger partial charge in [0.25, 0.3) is 0 Å². The molecule has 0 saturated heterocycles. The van der Waals surface area contributed by atoms with Gasteiger partial charge in [-0.15, -0.1) is 27.6 Å². The van der Waals surface area contributed by atoms with Crippen LogP contribution in [0.1, 0.15) is 130 Å². The molecule has 0 bridgehead atoms. The quantitative estimate of drug-likeness (QED) is 0.00786. The van der Waals surface area contributed by atoms with Crippen molar-refractivity contribution in [3.8, 4) is 0 Å². The van der Waals surface area contributed by atoms with Crippen LogP contribution in [0.2, 0.25) is 0 Å². The second-order valence-electron chi connectivity index (χ2n) is 17.8. The molecule has 82 heavy (non-hydrogen) atoms. The number of allylic oxidation sites excluding steroid dienone is 1.